The third kappa shape index (κ3) is 1.12. The van der Waals surface area contributed by atoms with Crippen molar-refractivity contribution >= 4 is 11.6 Å². The number of benzene rings is 1. The van der Waals surface area contributed by atoms with E-state index in [0.717, 1.165) is 16.8 Å². The highest BCUT2D eigenvalue weighted by atomic mass is 16.7. The van der Waals surface area contributed by atoms with Crippen LogP contribution in [0.15, 0.2) is 18.2 Å². The average molecular weight is 177 g/mol. The number of nitrogens with zero attached hydrogens (tertiary/aromatic N) is 1. The van der Waals surface area contributed by atoms with Crippen molar-refractivity contribution < 1.29 is 9.63 Å². The van der Waals surface area contributed by atoms with E-state index in [1.54, 1.807) is 0 Å². The lowest BCUT2D eigenvalue weighted by molar-refractivity contribution is -0.123. The van der Waals surface area contributed by atoms with E-state index in [1.165, 1.54) is 12.2 Å². The molecule has 0 unspecified atom stereocenters. The van der Waals surface area contributed by atoms with Gasteiger partial charge in [0.1, 0.15) is 0 Å². The highest BCUT2D eigenvalue weighted by molar-refractivity contribution is 6.00. The van der Waals surface area contributed by atoms with E-state index in [2.05, 4.69) is 0 Å². The number of carbonyl (C=O) groups is 1. The lowest BCUT2D eigenvalue weighted by atomic mass is 10.1. The Morgan fingerprint density at radius 1 is 1.46 bits per heavy atom. The standard InChI is InChI=1S/C10H11NO2/c1-7-4-3-5-8-6-9(12)11(13-2)10(7)8/h3-5H,6H2,1-2H3. The van der Waals surface area contributed by atoms with Gasteiger partial charge < -0.3 is 0 Å². The van der Waals surface area contributed by atoms with E-state index in [-0.39, 0.29) is 5.91 Å². The molecule has 2 rings (SSSR count). The van der Waals surface area contributed by atoms with E-state index in [0.29, 0.717) is 6.42 Å². The van der Waals surface area contributed by atoms with Gasteiger partial charge in [0.25, 0.3) is 5.91 Å². The Morgan fingerprint density at radius 3 is 2.92 bits per heavy atom. The highest BCUT2D eigenvalue weighted by Crippen LogP contribution is 2.31. The maximum Gasteiger partial charge on any atom is 0.255 e. The lowest BCUT2D eigenvalue weighted by Crippen LogP contribution is -2.25. The van der Waals surface area contributed by atoms with Gasteiger partial charge in [-0.2, -0.15) is 5.06 Å². The minimum Gasteiger partial charge on any atom is -0.272 e. The third-order valence-corrected chi connectivity index (χ3v) is 2.28. The number of rotatable bonds is 1. The summed E-state index contributed by atoms with van der Waals surface area (Å²) in [5.74, 6) is 0.00630. The predicted octanol–water partition coefficient (Wildman–Crippen LogP) is 1.45. The number of amides is 1. The van der Waals surface area contributed by atoms with Crippen LogP contribution < -0.4 is 5.06 Å². The summed E-state index contributed by atoms with van der Waals surface area (Å²) in [6.07, 6.45) is 0.449. The van der Waals surface area contributed by atoms with Crippen LogP contribution in [0.4, 0.5) is 5.69 Å². The van der Waals surface area contributed by atoms with Gasteiger partial charge in [-0.05, 0) is 18.1 Å². The number of hydrogen-bond donors (Lipinski definition) is 0. The van der Waals surface area contributed by atoms with Gasteiger partial charge >= 0.3 is 0 Å². The number of aryl methyl sites for hydroxylation is 1. The number of fused-ring (bicyclic) bond motifs is 1. The Kier molecular flexibility index (Phi) is 1.81. The summed E-state index contributed by atoms with van der Waals surface area (Å²) in [7, 11) is 1.51. The van der Waals surface area contributed by atoms with Gasteiger partial charge in [0, 0.05) is 0 Å². The lowest BCUT2D eigenvalue weighted by Gasteiger charge is -2.15. The predicted molar refractivity (Wildman–Crippen MR) is 49.4 cm³/mol. The first-order chi connectivity index (χ1) is 6.24. The molecule has 0 atom stereocenters. The maximum atomic E-state index is 11.4. The molecule has 1 aromatic carbocycles. The zero-order valence-electron chi connectivity index (χ0n) is 7.70. The van der Waals surface area contributed by atoms with Crippen molar-refractivity contribution in [2.75, 3.05) is 12.2 Å². The summed E-state index contributed by atoms with van der Waals surface area (Å²) in [5.41, 5.74) is 3.03. The van der Waals surface area contributed by atoms with Crippen molar-refractivity contribution in [1.29, 1.82) is 0 Å². The van der Waals surface area contributed by atoms with Crippen LogP contribution in [0.1, 0.15) is 11.1 Å². The molecule has 0 bridgehead atoms. The smallest absolute Gasteiger partial charge is 0.255 e. The van der Waals surface area contributed by atoms with Crippen molar-refractivity contribution in [3.63, 3.8) is 0 Å². The highest BCUT2D eigenvalue weighted by Gasteiger charge is 2.28. The summed E-state index contributed by atoms with van der Waals surface area (Å²) < 4.78 is 0. The zero-order chi connectivity index (χ0) is 9.42. The Bertz CT molecular complexity index is 360. The van der Waals surface area contributed by atoms with Gasteiger partial charge in [-0.1, -0.05) is 18.2 Å². The second-order valence-electron chi connectivity index (χ2n) is 3.13. The molecule has 1 aromatic rings. The second kappa shape index (κ2) is 2.85. The van der Waals surface area contributed by atoms with Gasteiger partial charge in [0.2, 0.25) is 0 Å². The van der Waals surface area contributed by atoms with Crippen LogP contribution >= 0.6 is 0 Å². The molecule has 0 radical (unpaired) electrons. The fourth-order valence-electron chi connectivity index (χ4n) is 1.71. The molecule has 0 fully saturated rings. The van der Waals surface area contributed by atoms with Crippen LogP contribution in [0.3, 0.4) is 0 Å². The van der Waals surface area contributed by atoms with Crippen molar-refractivity contribution in [3.8, 4) is 0 Å². The summed E-state index contributed by atoms with van der Waals surface area (Å²) in [5, 5.41) is 1.37. The van der Waals surface area contributed by atoms with Gasteiger partial charge in [0.15, 0.2) is 0 Å². The minimum atomic E-state index is 0.00630. The SMILES string of the molecule is CON1C(=O)Cc2cccc(C)c21. The molecule has 0 N–H and O–H groups in total. The van der Waals surface area contributed by atoms with Crippen LogP contribution in [0.2, 0.25) is 0 Å². The number of anilines is 1. The summed E-state index contributed by atoms with van der Waals surface area (Å²) in [6.45, 7) is 1.98. The van der Waals surface area contributed by atoms with Crippen LogP contribution in [-0.4, -0.2) is 13.0 Å². The van der Waals surface area contributed by atoms with Crippen molar-refractivity contribution in [1.82, 2.24) is 0 Å². The third-order valence-electron chi connectivity index (χ3n) is 2.28. The van der Waals surface area contributed by atoms with Crippen LogP contribution in [-0.2, 0) is 16.1 Å². The minimum absolute atomic E-state index is 0.00630. The normalized spacial score (nSPS) is 14.9. The largest absolute Gasteiger partial charge is 0.272 e. The van der Waals surface area contributed by atoms with E-state index < -0.39 is 0 Å². The second-order valence-corrected chi connectivity index (χ2v) is 3.13. The van der Waals surface area contributed by atoms with E-state index in [4.69, 9.17) is 4.84 Å². The van der Waals surface area contributed by atoms with Crippen molar-refractivity contribution in [3.05, 3.63) is 29.3 Å². The maximum absolute atomic E-state index is 11.4. The summed E-state index contributed by atoms with van der Waals surface area (Å²) in [6, 6.07) is 5.89. The fourth-order valence-corrected chi connectivity index (χ4v) is 1.71. The molecular weight excluding hydrogens is 166 g/mol. The van der Waals surface area contributed by atoms with Crippen molar-refractivity contribution in [2.45, 2.75) is 13.3 Å². The molecular formula is C10H11NO2. The first kappa shape index (κ1) is 8.26. The molecule has 1 aliphatic heterocycles. The molecule has 1 amide bonds. The Morgan fingerprint density at radius 2 is 2.23 bits per heavy atom. The number of hydroxylamine groups is 1. The average Bonchev–Trinajstić information content (AvgIpc) is 2.42. The first-order valence-corrected chi connectivity index (χ1v) is 4.19. The Balaban J connectivity index is 2.55. The molecule has 13 heavy (non-hydrogen) atoms. The van der Waals surface area contributed by atoms with E-state index in [9.17, 15) is 4.79 Å². The number of hydrogen-bond acceptors (Lipinski definition) is 2. The van der Waals surface area contributed by atoms with Crippen LogP contribution in [0.25, 0.3) is 0 Å². The summed E-state index contributed by atoms with van der Waals surface area (Å²) >= 11 is 0. The Labute approximate surface area is 76.9 Å². The first-order valence-electron chi connectivity index (χ1n) is 4.19. The molecule has 1 heterocycles. The van der Waals surface area contributed by atoms with Crippen LogP contribution in [0, 0.1) is 6.92 Å². The number of para-hydroxylation sites is 1. The van der Waals surface area contributed by atoms with Crippen molar-refractivity contribution in [2.24, 2.45) is 0 Å². The molecule has 0 aliphatic carbocycles. The topological polar surface area (TPSA) is 29.5 Å². The zero-order valence-corrected chi connectivity index (χ0v) is 7.70. The molecule has 3 heteroatoms. The fraction of sp³-hybridized carbons (Fsp3) is 0.300. The molecule has 0 spiro atoms. The summed E-state index contributed by atoms with van der Waals surface area (Å²) in [4.78, 5) is 16.4. The van der Waals surface area contributed by atoms with Crippen LogP contribution in [0.5, 0.6) is 0 Å². The Hall–Kier alpha value is -1.35. The van der Waals surface area contributed by atoms with E-state index >= 15 is 0 Å². The molecule has 68 valence electrons. The molecule has 0 saturated heterocycles. The molecule has 0 aromatic heterocycles. The molecule has 3 nitrogen and oxygen atoms in total. The van der Waals surface area contributed by atoms with E-state index in [1.807, 2.05) is 25.1 Å². The van der Waals surface area contributed by atoms with Gasteiger partial charge in [-0.25, -0.2) is 0 Å². The number of carbonyl (C=O) groups excluding carboxylic acids is 1. The molecule has 1 aliphatic rings. The van der Waals surface area contributed by atoms with Gasteiger partial charge in [-0.15, -0.1) is 0 Å². The quantitative estimate of drug-likeness (QED) is 0.649. The monoisotopic (exact) mass is 177 g/mol. The molecule has 0 saturated carbocycles. The van der Waals surface area contributed by atoms with Gasteiger partial charge in [-0.3, -0.25) is 9.63 Å². The van der Waals surface area contributed by atoms with Gasteiger partial charge in [0.05, 0.1) is 19.2 Å².